The Morgan fingerprint density at radius 3 is 2.57 bits per heavy atom. The summed E-state index contributed by atoms with van der Waals surface area (Å²) >= 11 is 0. The third kappa shape index (κ3) is 3.12. The fourth-order valence-electron chi connectivity index (χ4n) is 3.16. The van der Waals surface area contributed by atoms with Crippen LogP contribution in [0.4, 0.5) is 23.4 Å². The third-order valence-corrected chi connectivity index (χ3v) is 4.76. The average Bonchev–Trinajstić information content (AvgIpc) is 3.34. The number of carbonyl (C=O) groups is 1. The van der Waals surface area contributed by atoms with Gasteiger partial charge in [0, 0.05) is 30.2 Å². The zero-order valence-corrected chi connectivity index (χ0v) is 14.4. The summed E-state index contributed by atoms with van der Waals surface area (Å²) in [7, 11) is 0. The number of hydrogen-bond donors (Lipinski definition) is 1. The number of halogens is 4. The van der Waals surface area contributed by atoms with E-state index in [1.807, 2.05) is 0 Å². The molecule has 28 heavy (non-hydrogen) atoms. The molecule has 0 atom stereocenters. The lowest BCUT2D eigenvalue weighted by atomic mass is 9.94. The van der Waals surface area contributed by atoms with Gasteiger partial charge >= 0.3 is 6.18 Å². The highest BCUT2D eigenvalue weighted by Crippen LogP contribution is 2.49. The zero-order chi connectivity index (χ0) is 19.9. The van der Waals surface area contributed by atoms with E-state index >= 15 is 0 Å². The van der Waals surface area contributed by atoms with Crippen molar-refractivity contribution in [2.45, 2.75) is 24.4 Å². The predicted molar refractivity (Wildman–Crippen MR) is 92.3 cm³/mol. The van der Waals surface area contributed by atoms with Crippen LogP contribution in [0.15, 0.2) is 55.0 Å². The Morgan fingerprint density at radius 2 is 1.89 bits per heavy atom. The highest BCUT2D eigenvalue weighted by Gasteiger charge is 2.52. The van der Waals surface area contributed by atoms with Gasteiger partial charge in [-0.3, -0.25) is 9.78 Å². The van der Waals surface area contributed by atoms with E-state index in [-0.39, 0.29) is 11.5 Å². The van der Waals surface area contributed by atoms with E-state index < -0.39 is 28.9 Å². The van der Waals surface area contributed by atoms with Gasteiger partial charge < -0.3 is 5.32 Å². The minimum Gasteiger partial charge on any atom is -0.308 e. The number of alkyl halides is 3. The van der Waals surface area contributed by atoms with E-state index in [9.17, 15) is 22.4 Å². The number of nitrogens with zero attached hydrogens (tertiary/aromatic N) is 3. The highest BCUT2D eigenvalue weighted by molar-refractivity contribution is 6.00. The summed E-state index contributed by atoms with van der Waals surface area (Å²) in [5, 5.41) is 6.60. The van der Waals surface area contributed by atoms with Crippen LogP contribution in [0.1, 0.15) is 24.0 Å². The zero-order valence-electron chi connectivity index (χ0n) is 14.4. The summed E-state index contributed by atoms with van der Waals surface area (Å²) in [6, 6.07) is 8.62. The molecule has 144 valence electrons. The van der Waals surface area contributed by atoms with Crippen molar-refractivity contribution in [3.05, 3.63) is 71.9 Å². The first-order chi connectivity index (χ1) is 13.3. The Bertz CT molecular complexity index is 1040. The smallest absolute Gasteiger partial charge is 0.308 e. The van der Waals surface area contributed by atoms with Gasteiger partial charge in [-0.1, -0.05) is 18.2 Å². The summed E-state index contributed by atoms with van der Waals surface area (Å²) in [5.74, 6) is -0.821. The first-order valence-electron chi connectivity index (χ1n) is 8.45. The van der Waals surface area contributed by atoms with Gasteiger partial charge in [0.1, 0.15) is 5.82 Å². The Labute approximate surface area is 157 Å². The number of pyridine rings is 1. The highest BCUT2D eigenvalue weighted by atomic mass is 19.4. The number of nitrogens with one attached hydrogen (secondary N) is 1. The maximum Gasteiger partial charge on any atom is 0.419 e. The van der Waals surface area contributed by atoms with Crippen molar-refractivity contribution >= 4 is 11.7 Å². The first kappa shape index (κ1) is 18.1. The van der Waals surface area contributed by atoms with Gasteiger partial charge in [0.15, 0.2) is 5.82 Å². The molecule has 2 aromatic heterocycles. The van der Waals surface area contributed by atoms with Crippen LogP contribution in [-0.2, 0) is 16.4 Å². The van der Waals surface area contributed by atoms with Crippen molar-refractivity contribution in [1.82, 2.24) is 14.8 Å². The number of hydrogen-bond acceptors (Lipinski definition) is 3. The van der Waals surface area contributed by atoms with Crippen LogP contribution >= 0.6 is 0 Å². The van der Waals surface area contributed by atoms with Gasteiger partial charge in [-0.25, -0.2) is 9.07 Å². The molecule has 0 radical (unpaired) electrons. The lowest BCUT2D eigenvalue weighted by Crippen LogP contribution is -2.29. The average molecular weight is 390 g/mol. The van der Waals surface area contributed by atoms with Crippen LogP contribution in [0.3, 0.4) is 0 Å². The van der Waals surface area contributed by atoms with E-state index in [1.54, 1.807) is 18.2 Å². The van der Waals surface area contributed by atoms with Crippen LogP contribution in [0.5, 0.6) is 0 Å². The van der Waals surface area contributed by atoms with Crippen LogP contribution in [0.2, 0.25) is 0 Å². The fourth-order valence-corrected chi connectivity index (χ4v) is 3.16. The minimum absolute atomic E-state index is 0.0811. The van der Waals surface area contributed by atoms with Crippen molar-refractivity contribution in [3.63, 3.8) is 0 Å². The van der Waals surface area contributed by atoms with Crippen molar-refractivity contribution in [3.8, 4) is 5.69 Å². The summed E-state index contributed by atoms with van der Waals surface area (Å²) < 4.78 is 54.6. The monoisotopic (exact) mass is 390 g/mol. The van der Waals surface area contributed by atoms with E-state index in [2.05, 4.69) is 15.4 Å². The van der Waals surface area contributed by atoms with Gasteiger partial charge in [-0.2, -0.15) is 18.3 Å². The van der Waals surface area contributed by atoms with Crippen LogP contribution < -0.4 is 5.32 Å². The maximum atomic E-state index is 14.1. The first-order valence-corrected chi connectivity index (χ1v) is 8.45. The molecule has 1 aliphatic carbocycles. The Morgan fingerprint density at radius 1 is 1.14 bits per heavy atom. The molecule has 0 spiro atoms. The van der Waals surface area contributed by atoms with Gasteiger partial charge in [-0.05, 0) is 25.0 Å². The molecule has 3 aromatic rings. The summed E-state index contributed by atoms with van der Waals surface area (Å²) in [6.45, 7) is 0. The Balaban J connectivity index is 1.59. The van der Waals surface area contributed by atoms with Gasteiger partial charge in [0.25, 0.3) is 0 Å². The number of carbonyl (C=O) groups excluding carboxylic acids is 1. The molecular formula is C19H14F4N4O. The number of aromatic nitrogens is 3. The predicted octanol–water partition coefficient (Wildman–Crippen LogP) is 4.10. The maximum absolute atomic E-state index is 14.1. The molecule has 9 heteroatoms. The second-order valence-electron chi connectivity index (χ2n) is 6.55. The van der Waals surface area contributed by atoms with E-state index in [0.717, 1.165) is 4.68 Å². The molecule has 4 rings (SSSR count). The molecule has 1 saturated carbocycles. The fraction of sp³-hybridized carbons (Fsp3) is 0.211. The molecule has 1 amide bonds. The SMILES string of the molecule is O=C(Nc1ccn(-c2ccncc2C(F)(F)F)n1)C1(c2ccccc2F)CC1. The summed E-state index contributed by atoms with van der Waals surface area (Å²) in [5.41, 5.74) is -1.82. The molecule has 1 N–H and O–H groups in total. The molecule has 2 heterocycles. The number of anilines is 1. The lowest BCUT2D eigenvalue weighted by molar-refractivity contribution is -0.137. The normalized spacial score (nSPS) is 15.3. The molecule has 5 nitrogen and oxygen atoms in total. The van der Waals surface area contributed by atoms with E-state index in [0.29, 0.717) is 24.6 Å². The number of amides is 1. The Kier molecular flexibility index (Phi) is 4.17. The van der Waals surface area contributed by atoms with Gasteiger partial charge in [0.2, 0.25) is 5.91 Å². The quantitative estimate of drug-likeness (QED) is 0.683. The Hall–Kier alpha value is -3.23. The second kappa shape index (κ2) is 6.43. The minimum atomic E-state index is -4.60. The van der Waals surface area contributed by atoms with Crippen molar-refractivity contribution in [1.29, 1.82) is 0 Å². The van der Waals surface area contributed by atoms with Crippen molar-refractivity contribution in [2.75, 3.05) is 5.32 Å². The second-order valence-corrected chi connectivity index (χ2v) is 6.55. The molecule has 0 bridgehead atoms. The molecule has 0 aliphatic heterocycles. The topological polar surface area (TPSA) is 59.8 Å². The lowest BCUT2D eigenvalue weighted by Gasteiger charge is -2.15. The van der Waals surface area contributed by atoms with Gasteiger partial charge in [0.05, 0.1) is 16.7 Å². The van der Waals surface area contributed by atoms with E-state index in [4.69, 9.17) is 0 Å². The molecule has 1 fully saturated rings. The van der Waals surface area contributed by atoms with Crippen molar-refractivity contribution in [2.24, 2.45) is 0 Å². The molecule has 0 unspecified atom stereocenters. The van der Waals surface area contributed by atoms with Gasteiger partial charge in [-0.15, -0.1) is 0 Å². The van der Waals surface area contributed by atoms with Crippen LogP contribution in [0, 0.1) is 5.82 Å². The molecule has 1 aliphatic rings. The van der Waals surface area contributed by atoms with E-state index in [1.165, 1.54) is 30.6 Å². The van der Waals surface area contributed by atoms with Crippen molar-refractivity contribution < 1.29 is 22.4 Å². The third-order valence-electron chi connectivity index (χ3n) is 4.76. The number of benzene rings is 1. The summed E-state index contributed by atoms with van der Waals surface area (Å²) in [4.78, 5) is 16.2. The molecular weight excluding hydrogens is 376 g/mol. The molecule has 1 aromatic carbocycles. The standard InChI is InChI=1S/C19H14F4N4O/c20-14-4-2-1-3-12(14)18(7-8-18)17(28)25-16-6-10-27(26-16)15-5-9-24-11-13(15)19(21,22)23/h1-6,9-11H,7-8H2,(H,25,26,28). The van der Waals surface area contributed by atoms with Crippen LogP contribution in [-0.4, -0.2) is 20.7 Å². The van der Waals surface area contributed by atoms with Crippen LogP contribution in [0.25, 0.3) is 5.69 Å². The molecule has 0 saturated heterocycles. The largest absolute Gasteiger partial charge is 0.419 e. The summed E-state index contributed by atoms with van der Waals surface area (Å²) in [6.07, 6.45) is -0.370. The number of rotatable bonds is 4.